The Balaban J connectivity index is 1.52. The Bertz CT molecular complexity index is 557. The van der Waals surface area contributed by atoms with E-state index >= 15 is 0 Å². The quantitative estimate of drug-likeness (QED) is 0.828. The predicted molar refractivity (Wildman–Crippen MR) is 93.0 cm³/mol. The van der Waals surface area contributed by atoms with Crippen molar-refractivity contribution in [2.24, 2.45) is 0 Å². The first-order valence-electron chi connectivity index (χ1n) is 8.13. The minimum atomic E-state index is -0.168. The lowest BCUT2D eigenvalue weighted by atomic mass is 10.2. The Hall–Kier alpha value is -1.42. The highest BCUT2D eigenvalue weighted by atomic mass is 35.5. The van der Waals surface area contributed by atoms with Gasteiger partial charge in [0.1, 0.15) is 5.82 Å². The number of nitrogens with zero attached hydrogens (tertiary/aromatic N) is 2. The van der Waals surface area contributed by atoms with Gasteiger partial charge >= 0.3 is 0 Å². The van der Waals surface area contributed by atoms with Crippen LogP contribution in [0.2, 0.25) is 5.02 Å². The van der Waals surface area contributed by atoms with Gasteiger partial charge in [0.2, 0.25) is 0 Å². The summed E-state index contributed by atoms with van der Waals surface area (Å²) in [7, 11) is 0. The second-order valence-electron chi connectivity index (χ2n) is 6.16. The standard InChI is InChI=1S/C19H22ClFN2/c20-18-6-2-16(3-7-18)14-22-10-1-11-23(13-12-22)15-17-4-8-19(21)9-5-17/h2-9H,1,10-15H2. The molecule has 2 aromatic rings. The molecule has 1 heterocycles. The second-order valence-corrected chi connectivity index (χ2v) is 6.60. The number of benzene rings is 2. The molecule has 0 aromatic heterocycles. The van der Waals surface area contributed by atoms with Crippen LogP contribution in [-0.4, -0.2) is 36.0 Å². The van der Waals surface area contributed by atoms with Crippen molar-refractivity contribution in [3.05, 3.63) is 70.5 Å². The predicted octanol–water partition coefficient (Wildman–Crippen LogP) is 4.19. The Morgan fingerprint density at radius 2 is 1.22 bits per heavy atom. The molecule has 1 saturated heterocycles. The topological polar surface area (TPSA) is 6.48 Å². The minimum absolute atomic E-state index is 0.168. The number of hydrogen-bond donors (Lipinski definition) is 0. The zero-order chi connectivity index (χ0) is 16.1. The van der Waals surface area contributed by atoms with Crippen LogP contribution in [0.25, 0.3) is 0 Å². The summed E-state index contributed by atoms with van der Waals surface area (Å²) in [4.78, 5) is 4.95. The highest BCUT2D eigenvalue weighted by Crippen LogP contribution is 2.14. The van der Waals surface area contributed by atoms with Crippen molar-refractivity contribution in [3.8, 4) is 0 Å². The molecule has 23 heavy (non-hydrogen) atoms. The maximum Gasteiger partial charge on any atom is 0.123 e. The second kappa shape index (κ2) is 7.91. The molecule has 4 heteroatoms. The molecular formula is C19H22ClFN2. The van der Waals surface area contributed by atoms with Gasteiger partial charge in [0.05, 0.1) is 0 Å². The van der Waals surface area contributed by atoms with E-state index in [1.807, 2.05) is 24.3 Å². The third-order valence-corrected chi connectivity index (χ3v) is 4.57. The number of halogens is 2. The summed E-state index contributed by atoms with van der Waals surface area (Å²) in [5.41, 5.74) is 2.49. The van der Waals surface area contributed by atoms with Crippen LogP contribution in [0.15, 0.2) is 48.5 Å². The molecule has 3 rings (SSSR count). The highest BCUT2D eigenvalue weighted by Gasteiger charge is 2.15. The van der Waals surface area contributed by atoms with Gasteiger partial charge in [-0.15, -0.1) is 0 Å². The van der Waals surface area contributed by atoms with Crippen LogP contribution in [-0.2, 0) is 13.1 Å². The molecule has 122 valence electrons. The monoisotopic (exact) mass is 332 g/mol. The van der Waals surface area contributed by atoms with Gasteiger partial charge in [-0.3, -0.25) is 9.80 Å². The number of rotatable bonds is 4. The maximum atomic E-state index is 13.0. The van der Waals surface area contributed by atoms with Crippen LogP contribution >= 0.6 is 11.6 Å². The third-order valence-electron chi connectivity index (χ3n) is 4.32. The lowest BCUT2D eigenvalue weighted by Crippen LogP contribution is -2.30. The zero-order valence-electron chi connectivity index (χ0n) is 13.2. The fraction of sp³-hybridized carbons (Fsp3) is 0.368. The normalized spacial score (nSPS) is 17.1. The van der Waals surface area contributed by atoms with Gasteiger partial charge < -0.3 is 0 Å². The van der Waals surface area contributed by atoms with Gasteiger partial charge in [0.15, 0.2) is 0 Å². The summed E-state index contributed by atoms with van der Waals surface area (Å²) in [5, 5.41) is 0.787. The van der Waals surface area contributed by atoms with Gasteiger partial charge in [0.25, 0.3) is 0 Å². The molecule has 0 bridgehead atoms. The molecule has 1 aliphatic rings. The molecule has 1 aliphatic heterocycles. The van der Waals surface area contributed by atoms with Gasteiger partial charge in [-0.2, -0.15) is 0 Å². The fourth-order valence-electron chi connectivity index (χ4n) is 3.04. The molecule has 1 fully saturated rings. The van der Waals surface area contributed by atoms with E-state index < -0.39 is 0 Å². The Kier molecular flexibility index (Phi) is 5.65. The third kappa shape index (κ3) is 5.03. The van der Waals surface area contributed by atoms with Crippen molar-refractivity contribution in [3.63, 3.8) is 0 Å². The number of hydrogen-bond acceptors (Lipinski definition) is 2. The summed E-state index contributed by atoms with van der Waals surface area (Å²) >= 11 is 5.94. The molecule has 2 nitrogen and oxygen atoms in total. The van der Waals surface area contributed by atoms with Crippen molar-refractivity contribution in [2.45, 2.75) is 19.5 Å². The lowest BCUT2D eigenvalue weighted by molar-refractivity contribution is 0.247. The van der Waals surface area contributed by atoms with Crippen molar-refractivity contribution >= 4 is 11.6 Å². The van der Waals surface area contributed by atoms with Crippen LogP contribution in [0.1, 0.15) is 17.5 Å². The smallest absolute Gasteiger partial charge is 0.123 e. The SMILES string of the molecule is Fc1ccc(CN2CCCN(Cc3ccc(Cl)cc3)CC2)cc1. The molecule has 0 atom stereocenters. The van der Waals surface area contributed by atoms with E-state index in [2.05, 4.69) is 21.9 Å². The van der Waals surface area contributed by atoms with Crippen molar-refractivity contribution in [2.75, 3.05) is 26.2 Å². The van der Waals surface area contributed by atoms with Crippen LogP contribution < -0.4 is 0 Å². The van der Waals surface area contributed by atoms with E-state index in [0.29, 0.717) is 0 Å². The Morgan fingerprint density at radius 1 is 0.739 bits per heavy atom. The molecule has 0 radical (unpaired) electrons. The summed E-state index contributed by atoms with van der Waals surface area (Å²) in [6.45, 7) is 6.18. The summed E-state index contributed by atoms with van der Waals surface area (Å²) in [6.07, 6.45) is 1.16. The average Bonchev–Trinajstić information content (AvgIpc) is 2.77. The van der Waals surface area contributed by atoms with Crippen LogP contribution in [0.4, 0.5) is 4.39 Å². The van der Waals surface area contributed by atoms with Crippen molar-refractivity contribution < 1.29 is 4.39 Å². The first-order chi connectivity index (χ1) is 11.2. The molecular weight excluding hydrogens is 311 g/mol. The molecule has 0 unspecified atom stereocenters. The fourth-order valence-corrected chi connectivity index (χ4v) is 3.16. The van der Waals surface area contributed by atoms with Gasteiger partial charge in [-0.05, 0) is 54.9 Å². The molecule has 0 saturated carbocycles. The molecule has 0 spiro atoms. The minimum Gasteiger partial charge on any atom is -0.298 e. The Labute approximate surface area is 142 Å². The van der Waals surface area contributed by atoms with E-state index in [0.717, 1.165) is 50.7 Å². The Morgan fingerprint density at radius 3 is 1.74 bits per heavy atom. The average molecular weight is 333 g/mol. The molecule has 0 N–H and O–H groups in total. The largest absolute Gasteiger partial charge is 0.298 e. The lowest BCUT2D eigenvalue weighted by Gasteiger charge is -2.22. The van der Waals surface area contributed by atoms with Crippen LogP contribution in [0.3, 0.4) is 0 Å². The van der Waals surface area contributed by atoms with Gasteiger partial charge in [-0.1, -0.05) is 35.9 Å². The summed E-state index contributed by atoms with van der Waals surface area (Å²) in [6, 6.07) is 15.0. The molecule has 0 amide bonds. The summed E-state index contributed by atoms with van der Waals surface area (Å²) in [5.74, 6) is -0.168. The highest BCUT2D eigenvalue weighted by molar-refractivity contribution is 6.30. The van der Waals surface area contributed by atoms with Crippen LogP contribution in [0, 0.1) is 5.82 Å². The first kappa shape index (κ1) is 16.4. The first-order valence-corrected chi connectivity index (χ1v) is 8.50. The molecule has 2 aromatic carbocycles. The van der Waals surface area contributed by atoms with E-state index in [1.54, 1.807) is 12.1 Å². The van der Waals surface area contributed by atoms with E-state index in [1.165, 1.54) is 11.1 Å². The summed E-state index contributed by atoms with van der Waals surface area (Å²) < 4.78 is 13.0. The zero-order valence-corrected chi connectivity index (χ0v) is 14.0. The maximum absolute atomic E-state index is 13.0. The van der Waals surface area contributed by atoms with E-state index in [-0.39, 0.29) is 5.82 Å². The van der Waals surface area contributed by atoms with E-state index in [9.17, 15) is 4.39 Å². The van der Waals surface area contributed by atoms with E-state index in [4.69, 9.17) is 11.6 Å². The van der Waals surface area contributed by atoms with Gasteiger partial charge in [-0.25, -0.2) is 4.39 Å². The van der Waals surface area contributed by atoms with Crippen molar-refractivity contribution in [1.82, 2.24) is 9.80 Å². The van der Waals surface area contributed by atoms with Gasteiger partial charge in [0, 0.05) is 31.2 Å². The van der Waals surface area contributed by atoms with Crippen molar-refractivity contribution in [1.29, 1.82) is 0 Å². The van der Waals surface area contributed by atoms with Crippen LogP contribution in [0.5, 0.6) is 0 Å². The molecule has 0 aliphatic carbocycles.